The Morgan fingerprint density at radius 3 is 2.65 bits per heavy atom. The summed E-state index contributed by atoms with van der Waals surface area (Å²) in [6.07, 6.45) is 2.51. The van der Waals surface area contributed by atoms with E-state index in [1.165, 1.54) is 0 Å². The minimum atomic E-state index is 0.125. The monoisotopic (exact) mass is 241 g/mol. The predicted molar refractivity (Wildman–Crippen MR) is 70.8 cm³/mol. The number of likely N-dealkylation sites (N-methyl/N-ethyl adjacent to an activating group) is 1. The van der Waals surface area contributed by atoms with E-state index >= 15 is 0 Å². The van der Waals surface area contributed by atoms with E-state index in [0.717, 1.165) is 39.0 Å². The van der Waals surface area contributed by atoms with Gasteiger partial charge in [0.15, 0.2) is 0 Å². The third-order valence-electron chi connectivity index (χ3n) is 3.66. The highest BCUT2D eigenvalue weighted by molar-refractivity contribution is 5.76. The van der Waals surface area contributed by atoms with Crippen molar-refractivity contribution in [3.63, 3.8) is 0 Å². The number of carbonyl (C=O) groups is 1. The molecule has 2 N–H and O–H groups in total. The Balaban J connectivity index is 2.36. The molecule has 0 radical (unpaired) electrons. The summed E-state index contributed by atoms with van der Waals surface area (Å²) in [5.74, 6) is 0.275. The smallest absolute Gasteiger partial charge is 0.222 e. The highest BCUT2D eigenvalue weighted by atomic mass is 16.2. The lowest BCUT2D eigenvalue weighted by molar-refractivity contribution is -0.130. The summed E-state index contributed by atoms with van der Waals surface area (Å²) < 4.78 is 0. The van der Waals surface area contributed by atoms with E-state index in [1.54, 1.807) is 0 Å². The quantitative estimate of drug-likeness (QED) is 0.756. The van der Waals surface area contributed by atoms with Gasteiger partial charge in [-0.1, -0.05) is 13.8 Å². The van der Waals surface area contributed by atoms with Crippen LogP contribution in [0.3, 0.4) is 0 Å². The minimum Gasteiger partial charge on any atom is -0.341 e. The van der Waals surface area contributed by atoms with Crippen LogP contribution in [0.25, 0.3) is 0 Å². The molecule has 2 unspecified atom stereocenters. The number of nitrogens with zero attached hydrogens (tertiary/aromatic N) is 2. The molecule has 2 atom stereocenters. The second kappa shape index (κ2) is 6.97. The van der Waals surface area contributed by atoms with Crippen LogP contribution in [0.2, 0.25) is 0 Å². The highest BCUT2D eigenvalue weighted by Gasteiger charge is 2.28. The molecule has 0 aromatic heterocycles. The molecule has 0 spiro atoms. The average molecular weight is 241 g/mol. The maximum atomic E-state index is 11.9. The molecule has 1 saturated heterocycles. The molecule has 17 heavy (non-hydrogen) atoms. The maximum Gasteiger partial charge on any atom is 0.222 e. The lowest BCUT2D eigenvalue weighted by Crippen LogP contribution is -2.38. The Hall–Kier alpha value is -0.610. The Morgan fingerprint density at radius 2 is 2.12 bits per heavy atom. The summed E-state index contributed by atoms with van der Waals surface area (Å²) >= 11 is 0. The third-order valence-corrected chi connectivity index (χ3v) is 3.66. The number of rotatable bonds is 6. The van der Waals surface area contributed by atoms with Gasteiger partial charge in [0.2, 0.25) is 5.91 Å². The van der Waals surface area contributed by atoms with E-state index in [-0.39, 0.29) is 11.9 Å². The van der Waals surface area contributed by atoms with E-state index in [4.69, 9.17) is 5.73 Å². The molecule has 1 rings (SSSR count). The van der Waals surface area contributed by atoms with Gasteiger partial charge in [-0.2, -0.15) is 0 Å². The standard InChI is InChI=1S/C13H27N3O/c1-4-15(5-2)12-8-9-16(10-12)13(17)7-6-11(3)14/h11-12H,4-10,14H2,1-3H3. The first-order valence-corrected chi connectivity index (χ1v) is 6.85. The van der Waals surface area contributed by atoms with Crippen molar-refractivity contribution in [3.8, 4) is 0 Å². The van der Waals surface area contributed by atoms with E-state index in [1.807, 2.05) is 11.8 Å². The van der Waals surface area contributed by atoms with Crippen LogP contribution in [0, 0.1) is 0 Å². The molecular formula is C13H27N3O. The topological polar surface area (TPSA) is 49.6 Å². The number of amides is 1. The second-order valence-corrected chi connectivity index (χ2v) is 5.02. The van der Waals surface area contributed by atoms with E-state index in [9.17, 15) is 4.79 Å². The largest absolute Gasteiger partial charge is 0.341 e. The van der Waals surface area contributed by atoms with E-state index in [2.05, 4.69) is 18.7 Å². The molecule has 0 aliphatic carbocycles. The number of likely N-dealkylation sites (tertiary alicyclic amines) is 1. The van der Waals surface area contributed by atoms with Crippen molar-refractivity contribution >= 4 is 5.91 Å². The number of nitrogens with two attached hydrogens (primary N) is 1. The fourth-order valence-corrected chi connectivity index (χ4v) is 2.52. The first kappa shape index (κ1) is 14.5. The lowest BCUT2D eigenvalue weighted by atomic mass is 10.2. The second-order valence-electron chi connectivity index (χ2n) is 5.02. The van der Waals surface area contributed by atoms with Crippen molar-refractivity contribution in [3.05, 3.63) is 0 Å². The number of hydrogen-bond acceptors (Lipinski definition) is 3. The van der Waals surface area contributed by atoms with Crippen molar-refractivity contribution in [1.29, 1.82) is 0 Å². The molecule has 1 aliphatic rings. The molecule has 0 aromatic rings. The first-order valence-electron chi connectivity index (χ1n) is 6.85. The fourth-order valence-electron chi connectivity index (χ4n) is 2.52. The highest BCUT2D eigenvalue weighted by Crippen LogP contribution is 2.16. The molecule has 0 aromatic carbocycles. The molecule has 1 fully saturated rings. The van der Waals surface area contributed by atoms with Crippen LogP contribution in [-0.4, -0.2) is 54.0 Å². The van der Waals surface area contributed by atoms with Crippen LogP contribution in [0.1, 0.15) is 40.0 Å². The number of carbonyl (C=O) groups excluding carboxylic acids is 1. The van der Waals surface area contributed by atoms with Crippen molar-refractivity contribution in [2.75, 3.05) is 26.2 Å². The summed E-state index contributed by atoms with van der Waals surface area (Å²) in [6.45, 7) is 10.3. The van der Waals surface area contributed by atoms with Gasteiger partial charge in [-0.15, -0.1) is 0 Å². The predicted octanol–water partition coefficient (Wildman–Crippen LogP) is 1.06. The molecule has 1 amide bonds. The van der Waals surface area contributed by atoms with Crippen molar-refractivity contribution in [2.24, 2.45) is 5.73 Å². The summed E-state index contributed by atoms with van der Waals surface area (Å²) in [5, 5.41) is 0. The van der Waals surface area contributed by atoms with Gasteiger partial charge >= 0.3 is 0 Å². The maximum absolute atomic E-state index is 11.9. The van der Waals surface area contributed by atoms with Crippen molar-refractivity contribution in [1.82, 2.24) is 9.80 Å². The molecule has 1 aliphatic heterocycles. The van der Waals surface area contributed by atoms with E-state index in [0.29, 0.717) is 12.5 Å². The van der Waals surface area contributed by atoms with Gasteiger partial charge in [0, 0.05) is 31.6 Å². The molecule has 100 valence electrons. The molecule has 1 heterocycles. The Labute approximate surface area is 105 Å². The molecule has 0 saturated carbocycles. The lowest BCUT2D eigenvalue weighted by Gasteiger charge is -2.26. The molecule has 4 nitrogen and oxygen atoms in total. The summed E-state index contributed by atoms with van der Waals surface area (Å²) in [7, 11) is 0. The van der Waals surface area contributed by atoms with Crippen LogP contribution in [-0.2, 0) is 4.79 Å². The molecule has 4 heteroatoms. The van der Waals surface area contributed by atoms with Crippen molar-refractivity contribution in [2.45, 2.75) is 52.1 Å². The SMILES string of the molecule is CCN(CC)C1CCN(C(=O)CCC(C)N)C1. The Bertz CT molecular complexity index is 239. The third kappa shape index (κ3) is 4.28. The van der Waals surface area contributed by atoms with Gasteiger partial charge in [0.25, 0.3) is 0 Å². The zero-order chi connectivity index (χ0) is 12.8. The van der Waals surface area contributed by atoms with Crippen LogP contribution >= 0.6 is 0 Å². The van der Waals surface area contributed by atoms with Crippen LogP contribution in [0.15, 0.2) is 0 Å². The normalized spacial score (nSPS) is 22.2. The first-order chi connectivity index (χ1) is 8.08. The Kier molecular flexibility index (Phi) is 5.92. The summed E-state index contributed by atoms with van der Waals surface area (Å²) in [5.41, 5.74) is 5.68. The van der Waals surface area contributed by atoms with E-state index < -0.39 is 0 Å². The molecular weight excluding hydrogens is 214 g/mol. The van der Waals surface area contributed by atoms with Crippen LogP contribution in [0.5, 0.6) is 0 Å². The zero-order valence-electron chi connectivity index (χ0n) is 11.5. The van der Waals surface area contributed by atoms with Gasteiger partial charge in [-0.25, -0.2) is 0 Å². The van der Waals surface area contributed by atoms with Gasteiger partial charge < -0.3 is 10.6 Å². The van der Waals surface area contributed by atoms with Gasteiger partial charge in [-0.05, 0) is 32.9 Å². The van der Waals surface area contributed by atoms with Gasteiger partial charge in [0.05, 0.1) is 0 Å². The summed E-state index contributed by atoms with van der Waals surface area (Å²) in [4.78, 5) is 16.4. The van der Waals surface area contributed by atoms with Gasteiger partial charge in [0.1, 0.15) is 0 Å². The van der Waals surface area contributed by atoms with Crippen molar-refractivity contribution < 1.29 is 4.79 Å². The zero-order valence-corrected chi connectivity index (χ0v) is 11.5. The average Bonchev–Trinajstić information content (AvgIpc) is 2.77. The van der Waals surface area contributed by atoms with Gasteiger partial charge in [-0.3, -0.25) is 9.69 Å². The summed E-state index contributed by atoms with van der Waals surface area (Å²) in [6, 6.07) is 0.685. The molecule has 0 bridgehead atoms. The minimum absolute atomic E-state index is 0.125. The van der Waals surface area contributed by atoms with Crippen LogP contribution < -0.4 is 5.73 Å². The Morgan fingerprint density at radius 1 is 1.47 bits per heavy atom. The fraction of sp³-hybridized carbons (Fsp3) is 0.923. The van der Waals surface area contributed by atoms with Crippen LogP contribution in [0.4, 0.5) is 0 Å². The number of hydrogen-bond donors (Lipinski definition) is 1.